The molecule has 1 rings (SSSR count). The van der Waals surface area contributed by atoms with Crippen LogP contribution in [0.15, 0.2) is 18.2 Å². The molecule has 1 aromatic rings. The molecule has 92 valence electrons. The van der Waals surface area contributed by atoms with Gasteiger partial charge in [0.15, 0.2) is 0 Å². The van der Waals surface area contributed by atoms with Crippen LogP contribution in [0.3, 0.4) is 0 Å². The number of carbonyl (C=O) groups is 2. The fourth-order valence-corrected chi connectivity index (χ4v) is 1.22. The number of rotatable bonds is 2. The van der Waals surface area contributed by atoms with E-state index in [9.17, 15) is 9.59 Å². The molecule has 4 heteroatoms. The van der Waals surface area contributed by atoms with Crippen molar-refractivity contribution in [1.82, 2.24) is 0 Å². The molecule has 0 unspecified atom stereocenters. The molecular weight excluding hydrogens is 220 g/mol. The number of hydrogen-bond acceptors (Lipinski definition) is 4. The average Bonchev–Trinajstić information content (AvgIpc) is 2.18. The number of benzene rings is 1. The Kier molecular flexibility index (Phi) is 3.89. The van der Waals surface area contributed by atoms with Gasteiger partial charge in [-0.05, 0) is 51.5 Å². The van der Waals surface area contributed by atoms with Gasteiger partial charge in [-0.15, -0.1) is 0 Å². The van der Waals surface area contributed by atoms with Gasteiger partial charge < -0.3 is 9.47 Å². The number of ether oxygens (including phenoxy) is 2. The summed E-state index contributed by atoms with van der Waals surface area (Å²) in [6.45, 7) is 7.04. The lowest BCUT2D eigenvalue weighted by atomic mass is 10.1. The number of aldehydes is 1. The van der Waals surface area contributed by atoms with Crippen LogP contribution in [-0.4, -0.2) is 18.0 Å². The molecule has 0 saturated carbocycles. The van der Waals surface area contributed by atoms with E-state index in [4.69, 9.17) is 9.47 Å². The Bertz CT molecular complexity index is 430. The van der Waals surface area contributed by atoms with Gasteiger partial charge in [-0.25, -0.2) is 4.79 Å². The van der Waals surface area contributed by atoms with Crippen LogP contribution in [0.25, 0.3) is 0 Å². The molecule has 0 saturated heterocycles. The van der Waals surface area contributed by atoms with Crippen molar-refractivity contribution in [3.63, 3.8) is 0 Å². The van der Waals surface area contributed by atoms with Gasteiger partial charge >= 0.3 is 6.16 Å². The number of hydrogen-bond donors (Lipinski definition) is 0. The summed E-state index contributed by atoms with van der Waals surface area (Å²) in [6.07, 6.45) is -0.0102. The first-order valence-corrected chi connectivity index (χ1v) is 5.28. The minimum Gasteiger partial charge on any atom is -0.428 e. The molecule has 0 radical (unpaired) electrons. The van der Waals surface area contributed by atoms with Crippen molar-refractivity contribution < 1.29 is 19.1 Å². The third-order valence-electron chi connectivity index (χ3n) is 1.92. The molecule has 0 aliphatic rings. The van der Waals surface area contributed by atoms with Crippen molar-refractivity contribution in [3.8, 4) is 5.75 Å². The van der Waals surface area contributed by atoms with Crippen molar-refractivity contribution in [3.05, 3.63) is 29.3 Å². The fourth-order valence-electron chi connectivity index (χ4n) is 1.22. The second-order valence-electron chi connectivity index (χ2n) is 4.71. The molecule has 0 amide bonds. The SMILES string of the molecule is Cc1cc(C=O)ccc1OC(=O)OC(C)(C)C. The first kappa shape index (κ1) is 13.2. The van der Waals surface area contributed by atoms with Gasteiger partial charge in [0.05, 0.1) is 0 Å². The Balaban J connectivity index is 2.75. The summed E-state index contributed by atoms with van der Waals surface area (Å²) >= 11 is 0. The molecule has 0 aliphatic heterocycles. The lowest BCUT2D eigenvalue weighted by Crippen LogP contribution is -2.26. The molecule has 0 aliphatic carbocycles. The Morgan fingerprint density at radius 2 is 1.94 bits per heavy atom. The van der Waals surface area contributed by atoms with Gasteiger partial charge in [0.2, 0.25) is 0 Å². The summed E-state index contributed by atoms with van der Waals surface area (Å²) in [7, 11) is 0. The quantitative estimate of drug-likeness (QED) is 0.449. The topological polar surface area (TPSA) is 52.6 Å². The summed E-state index contributed by atoms with van der Waals surface area (Å²) in [6, 6.07) is 4.80. The standard InChI is InChI=1S/C13H16O4/c1-9-7-10(8-14)5-6-11(9)16-12(15)17-13(2,3)4/h5-8H,1-4H3. The summed E-state index contributed by atoms with van der Waals surface area (Å²) < 4.78 is 10.1. The lowest BCUT2D eigenvalue weighted by molar-refractivity contribution is 0.0205. The van der Waals surface area contributed by atoms with Crippen LogP contribution in [0.5, 0.6) is 5.75 Å². The molecule has 0 N–H and O–H groups in total. The minimum atomic E-state index is -0.751. The lowest BCUT2D eigenvalue weighted by Gasteiger charge is -2.19. The first-order chi connectivity index (χ1) is 7.81. The highest BCUT2D eigenvalue weighted by Crippen LogP contribution is 2.20. The highest BCUT2D eigenvalue weighted by molar-refractivity contribution is 5.76. The van der Waals surface area contributed by atoms with Crippen molar-refractivity contribution in [2.24, 2.45) is 0 Å². The third-order valence-corrected chi connectivity index (χ3v) is 1.92. The largest absolute Gasteiger partial charge is 0.514 e. The zero-order chi connectivity index (χ0) is 13.1. The van der Waals surface area contributed by atoms with Crippen molar-refractivity contribution in [1.29, 1.82) is 0 Å². The van der Waals surface area contributed by atoms with Gasteiger partial charge in [-0.1, -0.05) is 0 Å². The predicted molar refractivity (Wildman–Crippen MR) is 63.4 cm³/mol. The van der Waals surface area contributed by atoms with Crippen LogP contribution in [0.1, 0.15) is 36.7 Å². The molecule has 17 heavy (non-hydrogen) atoms. The van der Waals surface area contributed by atoms with E-state index in [1.165, 1.54) is 0 Å². The summed E-state index contributed by atoms with van der Waals surface area (Å²) in [5, 5.41) is 0. The van der Waals surface area contributed by atoms with Gasteiger partial charge in [0.25, 0.3) is 0 Å². The molecule has 0 heterocycles. The monoisotopic (exact) mass is 236 g/mol. The average molecular weight is 236 g/mol. The van der Waals surface area contributed by atoms with E-state index >= 15 is 0 Å². The van der Waals surface area contributed by atoms with Crippen LogP contribution < -0.4 is 4.74 Å². The van der Waals surface area contributed by atoms with Gasteiger partial charge in [-0.2, -0.15) is 0 Å². The molecule has 0 bridgehead atoms. The highest BCUT2D eigenvalue weighted by atomic mass is 16.7. The molecule has 0 atom stereocenters. The predicted octanol–water partition coefficient (Wildman–Crippen LogP) is 3.12. The van der Waals surface area contributed by atoms with E-state index < -0.39 is 11.8 Å². The van der Waals surface area contributed by atoms with Gasteiger partial charge in [-0.3, -0.25) is 4.79 Å². The molecule has 0 spiro atoms. The Morgan fingerprint density at radius 1 is 1.29 bits per heavy atom. The van der Waals surface area contributed by atoms with Crippen LogP contribution in [0.4, 0.5) is 4.79 Å². The van der Waals surface area contributed by atoms with Crippen LogP contribution >= 0.6 is 0 Å². The number of carbonyl (C=O) groups excluding carboxylic acids is 2. The normalized spacial score (nSPS) is 10.8. The van der Waals surface area contributed by atoms with E-state index in [-0.39, 0.29) is 0 Å². The van der Waals surface area contributed by atoms with Gasteiger partial charge in [0, 0.05) is 5.56 Å². The second kappa shape index (κ2) is 4.99. The van der Waals surface area contributed by atoms with Crippen molar-refractivity contribution >= 4 is 12.4 Å². The summed E-state index contributed by atoms with van der Waals surface area (Å²) in [5.41, 5.74) is 0.660. The van der Waals surface area contributed by atoms with Crippen LogP contribution in [0.2, 0.25) is 0 Å². The third kappa shape index (κ3) is 4.26. The Morgan fingerprint density at radius 3 is 2.41 bits per heavy atom. The van der Waals surface area contributed by atoms with Crippen LogP contribution in [0, 0.1) is 6.92 Å². The molecular formula is C13H16O4. The molecule has 0 fully saturated rings. The summed E-state index contributed by atoms with van der Waals surface area (Å²) in [5.74, 6) is 0.393. The fraction of sp³-hybridized carbons (Fsp3) is 0.385. The van der Waals surface area contributed by atoms with E-state index in [2.05, 4.69) is 0 Å². The zero-order valence-corrected chi connectivity index (χ0v) is 10.4. The second-order valence-corrected chi connectivity index (χ2v) is 4.71. The van der Waals surface area contributed by atoms with Crippen molar-refractivity contribution in [2.75, 3.05) is 0 Å². The highest BCUT2D eigenvalue weighted by Gasteiger charge is 2.18. The zero-order valence-electron chi connectivity index (χ0n) is 10.4. The Labute approximate surface area is 101 Å². The van der Waals surface area contributed by atoms with E-state index in [1.807, 2.05) is 0 Å². The number of aryl methyl sites for hydroxylation is 1. The molecule has 0 aromatic heterocycles. The maximum atomic E-state index is 11.4. The summed E-state index contributed by atoms with van der Waals surface area (Å²) in [4.78, 5) is 22.0. The van der Waals surface area contributed by atoms with Crippen LogP contribution in [-0.2, 0) is 4.74 Å². The van der Waals surface area contributed by atoms with E-state index in [0.717, 1.165) is 6.29 Å². The van der Waals surface area contributed by atoms with Crippen molar-refractivity contribution in [2.45, 2.75) is 33.3 Å². The van der Waals surface area contributed by atoms with E-state index in [1.54, 1.807) is 45.9 Å². The van der Waals surface area contributed by atoms with Gasteiger partial charge in [0.1, 0.15) is 17.6 Å². The molecule has 1 aromatic carbocycles. The minimum absolute atomic E-state index is 0.393. The molecule has 4 nitrogen and oxygen atoms in total. The first-order valence-electron chi connectivity index (χ1n) is 5.28. The maximum Gasteiger partial charge on any atom is 0.514 e. The Hall–Kier alpha value is -1.84. The maximum absolute atomic E-state index is 11.4. The van der Waals surface area contributed by atoms with E-state index in [0.29, 0.717) is 16.9 Å². The smallest absolute Gasteiger partial charge is 0.428 e.